The predicted octanol–water partition coefficient (Wildman–Crippen LogP) is 1.94. The van der Waals surface area contributed by atoms with E-state index in [1.165, 1.54) is 0 Å². The first kappa shape index (κ1) is 17.3. The molecule has 2 rings (SSSR count). The molecule has 0 radical (unpaired) electrons. The van der Waals surface area contributed by atoms with Gasteiger partial charge in [0, 0.05) is 30.4 Å². The van der Waals surface area contributed by atoms with Gasteiger partial charge in [-0.05, 0) is 44.2 Å². The number of anilines is 2. The van der Waals surface area contributed by atoms with Crippen molar-refractivity contribution >= 4 is 35.7 Å². The molecule has 3 amide bonds. The maximum absolute atomic E-state index is 11.5. The van der Waals surface area contributed by atoms with Crippen LogP contribution < -0.4 is 21.3 Å². The Morgan fingerprint density at radius 2 is 1.67 bits per heavy atom. The fourth-order valence-corrected chi connectivity index (χ4v) is 1.68. The lowest BCUT2D eigenvalue weighted by Crippen LogP contribution is -2.30. The largest absolute Gasteiger partial charge is 0.335 e. The van der Waals surface area contributed by atoms with E-state index >= 15 is 0 Å². The molecule has 0 aromatic heterocycles. The van der Waals surface area contributed by atoms with Crippen molar-refractivity contribution in [1.82, 2.24) is 10.6 Å². The molecule has 0 spiro atoms. The summed E-state index contributed by atoms with van der Waals surface area (Å²) in [5.74, 6) is -0.0356. The zero-order valence-electron chi connectivity index (χ0n) is 11.9. The third-order valence-corrected chi connectivity index (χ3v) is 2.94. The molecule has 0 heterocycles. The van der Waals surface area contributed by atoms with E-state index in [4.69, 9.17) is 0 Å². The van der Waals surface area contributed by atoms with E-state index in [1.807, 2.05) is 0 Å². The van der Waals surface area contributed by atoms with Crippen molar-refractivity contribution in [3.63, 3.8) is 0 Å². The SMILES string of the molecule is CNCCC(=O)Nc1ccc(NC(=O)NC2CC2)cc1.Cl. The summed E-state index contributed by atoms with van der Waals surface area (Å²) < 4.78 is 0. The van der Waals surface area contributed by atoms with Crippen molar-refractivity contribution in [2.45, 2.75) is 25.3 Å². The highest BCUT2D eigenvalue weighted by Gasteiger charge is 2.23. The maximum atomic E-state index is 11.5. The Kier molecular flexibility index (Phi) is 6.98. The van der Waals surface area contributed by atoms with E-state index in [1.54, 1.807) is 31.3 Å². The molecule has 1 fully saturated rings. The highest BCUT2D eigenvalue weighted by molar-refractivity contribution is 5.92. The number of amides is 3. The molecule has 7 heteroatoms. The molecule has 0 aliphatic heterocycles. The molecular formula is C14H21ClN4O2. The fraction of sp³-hybridized carbons (Fsp3) is 0.429. The molecule has 1 saturated carbocycles. The number of urea groups is 1. The van der Waals surface area contributed by atoms with Gasteiger partial charge in [0.05, 0.1) is 0 Å². The highest BCUT2D eigenvalue weighted by Crippen LogP contribution is 2.19. The number of halogens is 1. The molecule has 21 heavy (non-hydrogen) atoms. The van der Waals surface area contributed by atoms with Gasteiger partial charge in [0.1, 0.15) is 0 Å². The van der Waals surface area contributed by atoms with E-state index in [0.29, 0.717) is 24.7 Å². The van der Waals surface area contributed by atoms with E-state index in [-0.39, 0.29) is 24.3 Å². The molecule has 0 bridgehead atoms. The van der Waals surface area contributed by atoms with Crippen LogP contribution in [0.15, 0.2) is 24.3 Å². The summed E-state index contributed by atoms with van der Waals surface area (Å²) >= 11 is 0. The quantitative estimate of drug-likeness (QED) is 0.648. The third kappa shape index (κ3) is 6.46. The van der Waals surface area contributed by atoms with Crippen LogP contribution in [-0.4, -0.2) is 31.6 Å². The van der Waals surface area contributed by atoms with Crippen LogP contribution in [0.5, 0.6) is 0 Å². The first-order chi connectivity index (χ1) is 9.67. The molecule has 4 N–H and O–H groups in total. The minimum Gasteiger partial charge on any atom is -0.335 e. The Morgan fingerprint density at radius 1 is 1.10 bits per heavy atom. The van der Waals surface area contributed by atoms with Gasteiger partial charge in [0.25, 0.3) is 0 Å². The lowest BCUT2D eigenvalue weighted by atomic mass is 10.2. The van der Waals surface area contributed by atoms with Crippen molar-refractivity contribution in [3.05, 3.63) is 24.3 Å². The summed E-state index contributed by atoms with van der Waals surface area (Å²) in [6, 6.07) is 7.22. The van der Waals surface area contributed by atoms with Gasteiger partial charge < -0.3 is 21.3 Å². The van der Waals surface area contributed by atoms with Crippen molar-refractivity contribution in [1.29, 1.82) is 0 Å². The van der Waals surface area contributed by atoms with Crippen molar-refractivity contribution < 1.29 is 9.59 Å². The number of carbonyl (C=O) groups excluding carboxylic acids is 2. The summed E-state index contributed by atoms with van der Waals surface area (Å²) in [6.45, 7) is 0.646. The smallest absolute Gasteiger partial charge is 0.319 e. The molecule has 1 aromatic rings. The summed E-state index contributed by atoms with van der Waals surface area (Å²) in [5, 5.41) is 11.3. The Hall–Kier alpha value is -1.79. The van der Waals surface area contributed by atoms with Gasteiger partial charge in [-0.25, -0.2) is 4.79 Å². The average Bonchev–Trinajstić information content (AvgIpc) is 3.22. The topological polar surface area (TPSA) is 82.3 Å². The number of carbonyl (C=O) groups is 2. The van der Waals surface area contributed by atoms with Gasteiger partial charge in [0.2, 0.25) is 5.91 Å². The molecule has 116 valence electrons. The summed E-state index contributed by atoms with van der Waals surface area (Å²) in [5.41, 5.74) is 1.43. The summed E-state index contributed by atoms with van der Waals surface area (Å²) in [7, 11) is 1.81. The van der Waals surface area contributed by atoms with Crippen molar-refractivity contribution in [3.8, 4) is 0 Å². The zero-order valence-corrected chi connectivity index (χ0v) is 12.8. The van der Waals surface area contributed by atoms with Crippen LogP contribution in [0.2, 0.25) is 0 Å². The van der Waals surface area contributed by atoms with E-state index in [0.717, 1.165) is 18.5 Å². The third-order valence-electron chi connectivity index (χ3n) is 2.94. The molecule has 0 atom stereocenters. The predicted molar refractivity (Wildman–Crippen MR) is 86.0 cm³/mol. The van der Waals surface area contributed by atoms with E-state index < -0.39 is 0 Å². The van der Waals surface area contributed by atoms with Gasteiger partial charge in [0.15, 0.2) is 0 Å². The number of hydrogen-bond donors (Lipinski definition) is 4. The Morgan fingerprint density at radius 3 is 2.19 bits per heavy atom. The first-order valence-corrected chi connectivity index (χ1v) is 6.79. The standard InChI is InChI=1S/C14H20N4O2.ClH/c1-15-9-8-13(19)16-10-2-4-11(5-3-10)17-14(20)18-12-6-7-12;/h2-5,12,15H,6-9H2,1H3,(H,16,19)(H2,17,18,20);1H. The average molecular weight is 313 g/mol. The van der Waals surface area contributed by atoms with Crippen LogP contribution in [0.1, 0.15) is 19.3 Å². The Balaban J connectivity index is 0.00000220. The molecule has 0 unspecified atom stereocenters. The second-order valence-electron chi connectivity index (χ2n) is 4.85. The number of nitrogens with one attached hydrogen (secondary N) is 4. The van der Waals surface area contributed by atoms with E-state index in [9.17, 15) is 9.59 Å². The maximum Gasteiger partial charge on any atom is 0.319 e. The molecule has 6 nitrogen and oxygen atoms in total. The normalized spacial score (nSPS) is 13.0. The first-order valence-electron chi connectivity index (χ1n) is 6.79. The monoisotopic (exact) mass is 312 g/mol. The van der Waals surface area contributed by atoms with Crippen molar-refractivity contribution in [2.75, 3.05) is 24.2 Å². The van der Waals surface area contributed by atoms with Crippen LogP contribution in [-0.2, 0) is 4.79 Å². The summed E-state index contributed by atoms with van der Waals surface area (Å²) in [4.78, 5) is 23.1. The second-order valence-corrected chi connectivity index (χ2v) is 4.85. The van der Waals surface area contributed by atoms with Gasteiger partial charge >= 0.3 is 6.03 Å². The highest BCUT2D eigenvalue weighted by atomic mass is 35.5. The Bertz CT molecular complexity index is 474. The zero-order chi connectivity index (χ0) is 14.4. The van der Waals surface area contributed by atoms with Crippen LogP contribution in [0.4, 0.5) is 16.2 Å². The summed E-state index contributed by atoms with van der Waals surface area (Å²) in [6.07, 6.45) is 2.55. The second kappa shape index (κ2) is 8.49. The molecule has 0 saturated heterocycles. The number of rotatable bonds is 6. The van der Waals surface area contributed by atoms with Gasteiger partial charge in [-0.2, -0.15) is 0 Å². The van der Waals surface area contributed by atoms with Crippen molar-refractivity contribution in [2.24, 2.45) is 0 Å². The fourth-order valence-electron chi connectivity index (χ4n) is 1.68. The molecular weight excluding hydrogens is 292 g/mol. The number of benzene rings is 1. The molecule has 1 aromatic carbocycles. The van der Waals surface area contributed by atoms with Gasteiger partial charge in [-0.1, -0.05) is 0 Å². The number of hydrogen-bond acceptors (Lipinski definition) is 3. The Labute approximate surface area is 130 Å². The van der Waals surface area contributed by atoms with Crippen LogP contribution in [0, 0.1) is 0 Å². The molecule has 1 aliphatic carbocycles. The van der Waals surface area contributed by atoms with Crippen LogP contribution in [0.25, 0.3) is 0 Å². The van der Waals surface area contributed by atoms with Crippen LogP contribution >= 0.6 is 12.4 Å². The van der Waals surface area contributed by atoms with Crippen LogP contribution in [0.3, 0.4) is 0 Å². The lowest BCUT2D eigenvalue weighted by molar-refractivity contribution is -0.116. The van der Waals surface area contributed by atoms with Gasteiger partial charge in [-0.3, -0.25) is 4.79 Å². The minimum absolute atomic E-state index is 0. The minimum atomic E-state index is -0.182. The van der Waals surface area contributed by atoms with E-state index in [2.05, 4.69) is 21.3 Å². The van der Waals surface area contributed by atoms with Gasteiger partial charge in [-0.15, -0.1) is 12.4 Å². The lowest BCUT2D eigenvalue weighted by Gasteiger charge is -2.08. The molecule has 1 aliphatic rings.